The van der Waals surface area contributed by atoms with Gasteiger partial charge in [0.25, 0.3) is 5.91 Å². The molecule has 2 amide bonds. The molecule has 4 bridgehead atoms. The van der Waals surface area contributed by atoms with Gasteiger partial charge >= 0.3 is 6.09 Å². The minimum absolute atomic E-state index is 0.0122. The predicted octanol–water partition coefficient (Wildman–Crippen LogP) is 3.64. The quantitative estimate of drug-likeness (QED) is 0.547. The molecule has 1 aliphatic heterocycles. The van der Waals surface area contributed by atoms with Crippen LogP contribution in [0.3, 0.4) is 0 Å². The number of hydrogen-bond donors (Lipinski definition) is 2. The van der Waals surface area contributed by atoms with E-state index >= 15 is 0 Å². The first-order valence-electron chi connectivity index (χ1n) is 11.3. The normalized spacial score (nSPS) is 16.2. The number of nitrogens with one attached hydrogen (secondary N) is 2. The molecule has 2 N–H and O–H groups in total. The average Bonchev–Trinajstić information content (AvgIpc) is 3.22. The van der Waals surface area contributed by atoms with E-state index in [1.807, 2.05) is 0 Å². The standard InChI is InChI=1S/C24H29FN6O5/c1-13-11-35-12-14-7-16(19(34-6)8-15(14)25)28-20-9-17(30(5)23(33)36-24(2,3)4)21-26-10-18(22(32)27-13)31(21)29-20/h7-10,13H,11-12H2,1-6H3,(H,27,32)(H,28,29)/t13-/m1/s1. The Morgan fingerprint density at radius 3 is 2.75 bits per heavy atom. The fraction of sp³-hybridized carbons (Fsp3) is 0.417. The molecule has 0 fully saturated rings. The summed E-state index contributed by atoms with van der Waals surface area (Å²) < 4.78 is 32.5. The first-order chi connectivity index (χ1) is 17.0. The van der Waals surface area contributed by atoms with Gasteiger partial charge in [-0.05, 0) is 33.8 Å². The summed E-state index contributed by atoms with van der Waals surface area (Å²) in [6, 6.07) is 4.03. The first-order valence-corrected chi connectivity index (χ1v) is 11.3. The fourth-order valence-corrected chi connectivity index (χ4v) is 3.64. The van der Waals surface area contributed by atoms with Crippen LogP contribution < -0.4 is 20.3 Å². The maximum absolute atomic E-state index is 14.7. The summed E-state index contributed by atoms with van der Waals surface area (Å²) in [6.07, 6.45) is 0.765. The zero-order chi connectivity index (χ0) is 26.2. The maximum atomic E-state index is 14.7. The molecule has 1 aliphatic rings. The number of benzene rings is 1. The molecule has 0 saturated carbocycles. The van der Waals surface area contributed by atoms with E-state index in [0.717, 1.165) is 0 Å². The van der Waals surface area contributed by atoms with Crippen molar-refractivity contribution in [2.45, 2.75) is 45.9 Å². The molecule has 0 unspecified atom stereocenters. The van der Waals surface area contributed by atoms with Crippen LogP contribution in [0.15, 0.2) is 24.4 Å². The third-order valence-corrected chi connectivity index (χ3v) is 5.34. The summed E-state index contributed by atoms with van der Waals surface area (Å²) >= 11 is 0. The number of carbonyl (C=O) groups is 2. The number of amides is 2. The Labute approximate surface area is 207 Å². The molecule has 2 aromatic heterocycles. The number of carbonyl (C=O) groups excluding carboxylic acids is 2. The molecule has 0 saturated heterocycles. The van der Waals surface area contributed by atoms with E-state index in [4.69, 9.17) is 14.2 Å². The van der Waals surface area contributed by atoms with Crippen molar-refractivity contribution < 1.29 is 28.2 Å². The van der Waals surface area contributed by atoms with Crippen LogP contribution in [-0.4, -0.2) is 59.0 Å². The summed E-state index contributed by atoms with van der Waals surface area (Å²) in [5, 5.41) is 10.5. The Morgan fingerprint density at radius 1 is 1.31 bits per heavy atom. The van der Waals surface area contributed by atoms with Crippen molar-refractivity contribution in [2.75, 3.05) is 31.0 Å². The molecule has 192 valence electrons. The molecule has 12 heteroatoms. The van der Waals surface area contributed by atoms with Crippen LogP contribution >= 0.6 is 0 Å². The molecule has 0 radical (unpaired) electrons. The summed E-state index contributed by atoms with van der Waals surface area (Å²) in [6.45, 7) is 7.20. The van der Waals surface area contributed by atoms with E-state index in [2.05, 4.69) is 20.7 Å². The third kappa shape index (κ3) is 5.18. The maximum Gasteiger partial charge on any atom is 0.414 e. The molecular formula is C24H29FN6O5. The molecule has 4 rings (SSSR count). The fourth-order valence-electron chi connectivity index (χ4n) is 3.64. The van der Waals surface area contributed by atoms with Gasteiger partial charge in [0.1, 0.15) is 17.2 Å². The Hall–Kier alpha value is -3.93. The number of anilines is 3. The van der Waals surface area contributed by atoms with Crippen molar-refractivity contribution >= 4 is 34.8 Å². The number of rotatable bonds is 2. The van der Waals surface area contributed by atoms with E-state index in [0.29, 0.717) is 16.9 Å². The summed E-state index contributed by atoms with van der Waals surface area (Å²) in [5.74, 6) is -0.439. The van der Waals surface area contributed by atoms with E-state index in [1.54, 1.807) is 39.8 Å². The summed E-state index contributed by atoms with van der Waals surface area (Å²) in [4.78, 5) is 31.5. The number of methoxy groups -OCH3 is 1. The Balaban J connectivity index is 1.89. The molecule has 0 aliphatic carbocycles. The van der Waals surface area contributed by atoms with Gasteiger partial charge in [-0.1, -0.05) is 0 Å². The van der Waals surface area contributed by atoms with Crippen molar-refractivity contribution in [3.63, 3.8) is 0 Å². The number of halogens is 1. The lowest BCUT2D eigenvalue weighted by atomic mass is 10.1. The topological polar surface area (TPSA) is 119 Å². The zero-order valence-electron chi connectivity index (χ0n) is 21.0. The van der Waals surface area contributed by atoms with E-state index in [9.17, 15) is 14.0 Å². The highest BCUT2D eigenvalue weighted by atomic mass is 19.1. The summed E-state index contributed by atoms with van der Waals surface area (Å²) in [5.41, 5.74) is 0.756. The number of aromatic nitrogens is 3. The second-order valence-corrected chi connectivity index (χ2v) is 9.49. The molecular weight excluding hydrogens is 471 g/mol. The minimum atomic E-state index is -0.722. The van der Waals surface area contributed by atoms with Gasteiger partial charge in [-0.25, -0.2) is 18.7 Å². The van der Waals surface area contributed by atoms with Gasteiger partial charge in [-0.15, -0.1) is 5.10 Å². The van der Waals surface area contributed by atoms with Crippen LogP contribution in [0.4, 0.5) is 26.4 Å². The molecule has 11 nitrogen and oxygen atoms in total. The van der Waals surface area contributed by atoms with Gasteiger partial charge in [0, 0.05) is 30.8 Å². The van der Waals surface area contributed by atoms with Gasteiger partial charge in [0.2, 0.25) is 0 Å². The van der Waals surface area contributed by atoms with Crippen molar-refractivity contribution in [1.82, 2.24) is 19.9 Å². The number of hydrogen-bond acceptors (Lipinski definition) is 8. The van der Waals surface area contributed by atoms with Gasteiger partial charge in [0.15, 0.2) is 17.2 Å². The first kappa shape index (κ1) is 25.2. The second kappa shape index (κ2) is 9.61. The Bertz CT molecular complexity index is 1320. The van der Waals surface area contributed by atoms with Crippen molar-refractivity contribution in [3.8, 4) is 5.75 Å². The number of nitrogens with zero attached hydrogens (tertiary/aromatic N) is 4. The summed E-state index contributed by atoms with van der Waals surface area (Å²) in [7, 11) is 2.96. The van der Waals surface area contributed by atoms with Gasteiger partial charge < -0.3 is 24.8 Å². The van der Waals surface area contributed by atoms with Gasteiger partial charge in [-0.2, -0.15) is 0 Å². The number of imidazole rings is 1. The van der Waals surface area contributed by atoms with Crippen molar-refractivity contribution in [1.29, 1.82) is 0 Å². The zero-order valence-corrected chi connectivity index (χ0v) is 21.0. The monoisotopic (exact) mass is 500 g/mol. The van der Waals surface area contributed by atoms with E-state index < -0.39 is 23.4 Å². The third-order valence-electron chi connectivity index (χ3n) is 5.34. The van der Waals surface area contributed by atoms with Crippen LogP contribution in [0.25, 0.3) is 5.65 Å². The minimum Gasteiger partial charge on any atom is -0.494 e. The SMILES string of the molecule is COc1cc(F)c2cc1Nc1cc(N(C)C(=O)OC(C)(C)C)c3ncc(n3n1)C(=O)N[C@H](C)COC2. The molecule has 3 heterocycles. The highest BCUT2D eigenvalue weighted by Crippen LogP contribution is 2.33. The largest absolute Gasteiger partial charge is 0.494 e. The Morgan fingerprint density at radius 2 is 2.06 bits per heavy atom. The number of fused-ring (bicyclic) bond motifs is 3. The van der Waals surface area contributed by atoms with Crippen LogP contribution in [0.1, 0.15) is 43.7 Å². The average molecular weight is 501 g/mol. The van der Waals surface area contributed by atoms with E-state index in [1.165, 1.54) is 35.8 Å². The van der Waals surface area contributed by atoms with Crippen LogP contribution in [-0.2, 0) is 16.1 Å². The lowest BCUT2D eigenvalue weighted by Crippen LogP contribution is -2.37. The highest BCUT2D eigenvalue weighted by Gasteiger charge is 2.26. The molecule has 3 aromatic rings. The van der Waals surface area contributed by atoms with Gasteiger partial charge in [-0.3, -0.25) is 9.69 Å². The van der Waals surface area contributed by atoms with Crippen LogP contribution in [0.2, 0.25) is 0 Å². The van der Waals surface area contributed by atoms with Crippen molar-refractivity contribution in [3.05, 3.63) is 41.5 Å². The molecule has 0 spiro atoms. The van der Waals surface area contributed by atoms with Crippen molar-refractivity contribution in [2.24, 2.45) is 0 Å². The number of ether oxygens (including phenoxy) is 3. The Kier molecular flexibility index (Phi) is 6.72. The lowest BCUT2D eigenvalue weighted by Gasteiger charge is -2.25. The lowest BCUT2D eigenvalue weighted by molar-refractivity contribution is 0.0589. The van der Waals surface area contributed by atoms with E-state index in [-0.39, 0.29) is 42.2 Å². The smallest absolute Gasteiger partial charge is 0.414 e. The van der Waals surface area contributed by atoms with Gasteiger partial charge in [0.05, 0.1) is 37.9 Å². The highest BCUT2D eigenvalue weighted by molar-refractivity contribution is 5.96. The molecule has 36 heavy (non-hydrogen) atoms. The second-order valence-electron chi connectivity index (χ2n) is 9.49. The predicted molar refractivity (Wildman–Crippen MR) is 130 cm³/mol. The van der Waals surface area contributed by atoms with Crippen LogP contribution in [0, 0.1) is 5.82 Å². The van der Waals surface area contributed by atoms with Crippen LogP contribution in [0.5, 0.6) is 5.75 Å². The molecule has 1 aromatic carbocycles. The molecule has 1 atom stereocenters.